The zero-order chi connectivity index (χ0) is 34.4. The first-order valence-corrected chi connectivity index (χ1v) is 17.1. The monoisotopic (exact) mass is 676 g/mol. The van der Waals surface area contributed by atoms with Crippen molar-refractivity contribution in [2.45, 2.75) is 64.7 Å². The van der Waals surface area contributed by atoms with Gasteiger partial charge in [0, 0.05) is 55.6 Å². The second kappa shape index (κ2) is 15.3. The molecule has 48 heavy (non-hydrogen) atoms. The number of rotatable bonds is 13. The smallest absolute Gasteiger partial charge is 0.263 e. The number of aliphatic hydroxyl groups is 1. The Hall–Kier alpha value is -4.33. The number of H-pyrrole nitrogens is 1. The summed E-state index contributed by atoms with van der Waals surface area (Å²) in [6, 6.07) is 9.04. The van der Waals surface area contributed by atoms with Crippen LogP contribution in [0.1, 0.15) is 78.7 Å². The van der Waals surface area contributed by atoms with Crippen molar-refractivity contribution in [2.75, 3.05) is 39.9 Å². The van der Waals surface area contributed by atoms with Crippen LogP contribution < -0.4 is 10.1 Å². The van der Waals surface area contributed by atoms with E-state index in [9.17, 15) is 19.5 Å². The topological polar surface area (TPSA) is 150 Å². The lowest BCUT2D eigenvalue weighted by Gasteiger charge is -2.35. The molecule has 3 N–H and O–H groups in total. The average Bonchev–Trinajstić information content (AvgIpc) is 3.76. The van der Waals surface area contributed by atoms with Gasteiger partial charge in [0.05, 0.1) is 36.5 Å². The Kier molecular flexibility index (Phi) is 11.1. The molecule has 1 aliphatic rings. The Bertz CT molecular complexity index is 1730. The van der Waals surface area contributed by atoms with Crippen molar-refractivity contribution in [2.24, 2.45) is 0 Å². The largest absolute Gasteiger partial charge is 0.494 e. The standard InChI is InChI=1S/C35H44N6O6S/c1-6-10-22(2)47-18-13-35(3,4)39-31(43)26-21-38-32(48-26)29-28-27(25(46-5)20-37-29)24(19-36-28)30(42)34(45)41-16-14-40(15-17-41)33(44)23-11-8-7-9-12-23/h7-9,11-12,19-22,30,36,42H,6,10,13-18H2,1-5H3,(H,39,43). The fourth-order valence-electron chi connectivity index (χ4n) is 5.80. The van der Waals surface area contributed by atoms with Crippen LogP contribution in [0.15, 0.2) is 48.9 Å². The number of amides is 3. The Morgan fingerprint density at radius 1 is 1.08 bits per heavy atom. The third kappa shape index (κ3) is 7.86. The fraction of sp³-hybridized carbons (Fsp3) is 0.457. The molecule has 5 rings (SSSR count). The Labute approximate surface area is 284 Å². The summed E-state index contributed by atoms with van der Waals surface area (Å²) in [6.45, 7) is 9.98. The number of carbonyl (C=O) groups excluding carboxylic acids is 3. The zero-order valence-corrected chi connectivity index (χ0v) is 28.9. The van der Waals surface area contributed by atoms with Gasteiger partial charge >= 0.3 is 0 Å². The number of carbonyl (C=O) groups is 3. The Balaban J connectivity index is 1.28. The van der Waals surface area contributed by atoms with Crippen LogP contribution in [0.3, 0.4) is 0 Å². The second-order valence-electron chi connectivity index (χ2n) is 12.6. The summed E-state index contributed by atoms with van der Waals surface area (Å²) in [5, 5.41) is 15.4. The van der Waals surface area contributed by atoms with E-state index in [1.54, 1.807) is 28.1 Å². The van der Waals surface area contributed by atoms with Crippen LogP contribution >= 0.6 is 11.3 Å². The minimum Gasteiger partial charge on any atom is -0.494 e. The van der Waals surface area contributed by atoms with E-state index in [4.69, 9.17) is 9.47 Å². The lowest BCUT2D eigenvalue weighted by atomic mass is 10.0. The molecule has 256 valence electrons. The quantitative estimate of drug-likeness (QED) is 0.183. The molecular formula is C35H44N6O6S. The molecule has 0 aliphatic carbocycles. The third-order valence-electron chi connectivity index (χ3n) is 8.56. The van der Waals surface area contributed by atoms with E-state index in [0.29, 0.717) is 82.6 Å². The Morgan fingerprint density at radius 3 is 2.48 bits per heavy atom. The first-order chi connectivity index (χ1) is 23.0. The molecule has 1 aromatic carbocycles. The maximum Gasteiger partial charge on any atom is 0.263 e. The second-order valence-corrected chi connectivity index (χ2v) is 13.7. The summed E-state index contributed by atoms with van der Waals surface area (Å²) < 4.78 is 11.5. The molecule has 12 nitrogen and oxygen atoms in total. The lowest BCUT2D eigenvalue weighted by Crippen LogP contribution is -2.51. The highest BCUT2D eigenvalue weighted by Gasteiger charge is 2.32. The summed E-state index contributed by atoms with van der Waals surface area (Å²) in [4.78, 5) is 55.5. The average molecular weight is 677 g/mol. The molecule has 1 saturated heterocycles. The number of ether oxygens (including phenoxy) is 2. The normalized spacial score (nSPS) is 15.0. The summed E-state index contributed by atoms with van der Waals surface area (Å²) in [5.41, 5.74) is 1.44. The molecule has 3 aromatic heterocycles. The molecule has 1 aliphatic heterocycles. The number of fused-ring (bicyclic) bond motifs is 1. The van der Waals surface area contributed by atoms with Gasteiger partial charge in [0.15, 0.2) is 6.10 Å². The van der Waals surface area contributed by atoms with Gasteiger partial charge in [-0.2, -0.15) is 0 Å². The van der Waals surface area contributed by atoms with Crippen LogP contribution in [-0.2, 0) is 9.53 Å². The van der Waals surface area contributed by atoms with E-state index in [-0.39, 0.29) is 17.9 Å². The van der Waals surface area contributed by atoms with E-state index < -0.39 is 17.6 Å². The predicted molar refractivity (Wildman–Crippen MR) is 184 cm³/mol. The highest BCUT2D eigenvalue weighted by atomic mass is 32.1. The number of nitrogens with zero attached hydrogens (tertiary/aromatic N) is 4. The van der Waals surface area contributed by atoms with Crippen LogP contribution in [0.5, 0.6) is 5.75 Å². The van der Waals surface area contributed by atoms with Crippen LogP contribution in [-0.4, -0.2) is 99.1 Å². The number of benzene rings is 1. The summed E-state index contributed by atoms with van der Waals surface area (Å²) in [6.07, 6.45) is 6.03. The van der Waals surface area contributed by atoms with E-state index in [0.717, 1.165) is 12.8 Å². The van der Waals surface area contributed by atoms with Crippen molar-refractivity contribution in [1.29, 1.82) is 0 Å². The van der Waals surface area contributed by atoms with Crippen LogP contribution in [0.25, 0.3) is 21.6 Å². The molecule has 0 bridgehead atoms. The number of aliphatic hydroxyl groups excluding tert-OH is 1. The number of piperazine rings is 1. The third-order valence-corrected chi connectivity index (χ3v) is 9.56. The van der Waals surface area contributed by atoms with Crippen molar-refractivity contribution in [3.63, 3.8) is 0 Å². The maximum atomic E-state index is 13.5. The molecule has 0 radical (unpaired) electrons. The summed E-state index contributed by atoms with van der Waals surface area (Å²) in [5.74, 6) is -0.418. The molecule has 0 spiro atoms. The van der Waals surface area contributed by atoms with Gasteiger partial charge in [-0.25, -0.2) is 9.97 Å². The van der Waals surface area contributed by atoms with Gasteiger partial charge in [-0.3, -0.25) is 14.4 Å². The van der Waals surface area contributed by atoms with Gasteiger partial charge < -0.3 is 34.7 Å². The maximum absolute atomic E-state index is 13.5. The predicted octanol–water partition coefficient (Wildman–Crippen LogP) is 4.82. The highest BCUT2D eigenvalue weighted by molar-refractivity contribution is 7.17. The van der Waals surface area contributed by atoms with Crippen LogP contribution in [0.4, 0.5) is 0 Å². The number of methoxy groups -OCH3 is 1. The molecule has 4 heterocycles. The Morgan fingerprint density at radius 2 is 1.79 bits per heavy atom. The number of aromatic amines is 1. The molecule has 0 saturated carbocycles. The number of nitrogens with one attached hydrogen (secondary N) is 2. The number of pyridine rings is 1. The van der Waals surface area contributed by atoms with Crippen molar-refractivity contribution in [3.05, 3.63) is 64.9 Å². The minimum atomic E-state index is -1.48. The number of hydrogen-bond donors (Lipinski definition) is 3. The zero-order valence-electron chi connectivity index (χ0n) is 28.1. The van der Waals surface area contributed by atoms with Crippen LogP contribution in [0.2, 0.25) is 0 Å². The molecule has 1 fully saturated rings. The highest BCUT2D eigenvalue weighted by Crippen LogP contribution is 2.38. The van der Waals surface area contributed by atoms with E-state index >= 15 is 0 Å². The van der Waals surface area contributed by atoms with E-state index in [1.807, 2.05) is 32.0 Å². The van der Waals surface area contributed by atoms with Gasteiger partial charge in [0.1, 0.15) is 21.3 Å². The van der Waals surface area contributed by atoms with Crippen molar-refractivity contribution >= 4 is 40.0 Å². The first-order valence-electron chi connectivity index (χ1n) is 16.3. The molecule has 2 unspecified atom stereocenters. The summed E-state index contributed by atoms with van der Waals surface area (Å²) >= 11 is 1.20. The van der Waals surface area contributed by atoms with Gasteiger partial charge in [0.25, 0.3) is 17.7 Å². The van der Waals surface area contributed by atoms with Gasteiger partial charge in [-0.15, -0.1) is 11.3 Å². The number of thiazole rings is 1. The number of hydrogen-bond acceptors (Lipinski definition) is 9. The van der Waals surface area contributed by atoms with Gasteiger partial charge in [0.2, 0.25) is 0 Å². The van der Waals surface area contributed by atoms with Crippen molar-refractivity contribution in [1.82, 2.24) is 30.1 Å². The molecule has 4 aromatic rings. The molecular weight excluding hydrogens is 632 g/mol. The van der Waals surface area contributed by atoms with Crippen LogP contribution in [0, 0.1) is 0 Å². The van der Waals surface area contributed by atoms with Crippen molar-refractivity contribution in [3.8, 4) is 16.5 Å². The fourth-order valence-corrected chi connectivity index (χ4v) is 6.61. The van der Waals surface area contributed by atoms with Crippen molar-refractivity contribution < 1.29 is 29.0 Å². The van der Waals surface area contributed by atoms with Gasteiger partial charge in [-0.05, 0) is 45.7 Å². The van der Waals surface area contributed by atoms with E-state index in [2.05, 4.69) is 34.1 Å². The van der Waals surface area contributed by atoms with Gasteiger partial charge in [-0.1, -0.05) is 31.5 Å². The lowest BCUT2D eigenvalue weighted by molar-refractivity contribution is -0.142. The summed E-state index contributed by atoms with van der Waals surface area (Å²) in [7, 11) is 1.49. The molecule has 2 atom stereocenters. The minimum absolute atomic E-state index is 0.0850. The SMILES string of the molecule is CCCC(C)OCCC(C)(C)NC(=O)c1cnc(-c2ncc(OC)c3c(C(O)C(=O)N4CCN(C(=O)c5ccccc5)CC4)c[nH]c23)s1. The molecule has 3 amide bonds. The first kappa shape index (κ1) is 35.0. The number of aromatic nitrogens is 3. The molecule has 13 heteroatoms. The van der Waals surface area contributed by atoms with E-state index in [1.165, 1.54) is 30.8 Å².